The van der Waals surface area contributed by atoms with Gasteiger partial charge in [-0.3, -0.25) is 9.79 Å². The predicted molar refractivity (Wildman–Crippen MR) is 125 cm³/mol. The molecule has 168 valence electrons. The second-order valence-corrected chi connectivity index (χ2v) is 8.12. The Morgan fingerprint density at radius 3 is 2.53 bits per heavy atom. The van der Waals surface area contributed by atoms with E-state index in [4.69, 9.17) is 5.73 Å². The lowest BCUT2D eigenvalue weighted by atomic mass is 9.96. The van der Waals surface area contributed by atoms with Crippen LogP contribution in [0.2, 0.25) is 0 Å². The molecule has 1 aromatic heterocycles. The number of rotatable bonds is 12. The van der Waals surface area contributed by atoms with Crippen molar-refractivity contribution in [3.63, 3.8) is 0 Å². The third-order valence-corrected chi connectivity index (χ3v) is 5.81. The fraction of sp³-hybridized carbons (Fsp3) is 0.696. The van der Waals surface area contributed by atoms with Crippen molar-refractivity contribution in [3.8, 4) is 0 Å². The number of primary amides is 1. The van der Waals surface area contributed by atoms with Gasteiger partial charge in [-0.25, -0.2) is 4.98 Å². The van der Waals surface area contributed by atoms with Gasteiger partial charge in [0, 0.05) is 50.9 Å². The highest BCUT2D eigenvalue weighted by Crippen LogP contribution is 2.24. The number of guanidine groups is 1. The molecule has 0 unspecified atom stereocenters. The first-order chi connectivity index (χ1) is 14.7. The number of hydrogen-bond donors (Lipinski definition) is 3. The van der Waals surface area contributed by atoms with Gasteiger partial charge in [-0.15, -0.1) is 0 Å². The van der Waals surface area contributed by atoms with Crippen molar-refractivity contribution < 1.29 is 4.79 Å². The van der Waals surface area contributed by atoms with Crippen LogP contribution >= 0.6 is 0 Å². The topological polar surface area (TPSA) is 95.6 Å². The molecule has 7 nitrogen and oxygen atoms in total. The summed E-state index contributed by atoms with van der Waals surface area (Å²) in [6.07, 6.45) is 12.5. The van der Waals surface area contributed by atoms with Gasteiger partial charge in [-0.2, -0.15) is 0 Å². The number of amides is 1. The number of pyridine rings is 1. The number of carbonyl (C=O) groups excluding carboxylic acids is 1. The molecule has 0 aromatic carbocycles. The third kappa shape index (κ3) is 8.20. The predicted octanol–water partition coefficient (Wildman–Crippen LogP) is 3.20. The maximum absolute atomic E-state index is 11.4. The van der Waals surface area contributed by atoms with Gasteiger partial charge in [0.1, 0.15) is 5.82 Å². The lowest BCUT2D eigenvalue weighted by Gasteiger charge is -2.32. The molecular formula is C23H40N6O. The molecule has 1 saturated heterocycles. The van der Waals surface area contributed by atoms with E-state index >= 15 is 0 Å². The summed E-state index contributed by atoms with van der Waals surface area (Å²) in [7, 11) is 1.80. The summed E-state index contributed by atoms with van der Waals surface area (Å²) >= 11 is 0. The first kappa shape index (κ1) is 24.0. The summed E-state index contributed by atoms with van der Waals surface area (Å²) in [5.41, 5.74) is 6.59. The molecule has 2 rings (SSSR count). The number of aliphatic imine (C=N–C) groups is 1. The fourth-order valence-electron chi connectivity index (χ4n) is 3.92. The van der Waals surface area contributed by atoms with Crippen LogP contribution in [0.3, 0.4) is 0 Å². The number of anilines is 1. The highest BCUT2D eigenvalue weighted by Gasteiger charge is 2.24. The van der Waals surface area contributed by atoms with Crippen LogP contribution in [-0.2, 0) is 11.3 Å². The Bertz CT molecular complexity index is 655. The van der Waals surface area contributed by atoms with Gasteiger partial charge < -0.3 is 21.3 Å². The van der Waals surface area contributed by atoms with Crippen molar-refractivity contribution in [3.05, 3.63) is 23.9 Å². The summed E-state index contributed by atoms with van der Waals surface area (Å²) in [4.78, 5) is 22.6. The number of nitrogens with one attached hydrogen (secondary N) is 2. The van der Waals surface area contributed by atoms with Gasteiger partial charge in [-0.1, -0.05) is 51.5 Å². The van der Waals surface area contributed by atoms with Crippen LogP contribution in [0.1, 0.15) is 70.3 Å². The van der Waals surface area contributed by atoms with Crippen molar-refractivity contribution in [1.82, 2.24) is 15.6 Å². The Hall–Kier alpha value is -2.31. The zero-order chi connectivity index (χ0) is 21.6. The second kappa shape index (κ2) is 13.8. The number of unbranched alkanes of at least 4 members (excludes halogenated alkanes) is 6. The largest absolute Gasteiger partial charge is 0.369 e. The Balaban J connectivity index is 1.75. The highest BCUT2D eigenvalue weighted by atomic mass is 16.1. The van der Waals surface area contributed by atoms with E-state index < -0.39 is 0 Å². The van der Waals surface area contributed by atoms with Crippen LogP contribution in [0.15, 0.2) is 23.3 Å². The number of carbonyl (C=O) groups is 1. The number of hydrogen-bond acceptors (Lipinski definition) is 4. The van der Waals surface area contributed by atoms with Crippen molar-refractivity contribution in [1.29, 1.82) is 0 Å². The van der Waals surface area contributed by atoms with E-state index in [1.807, 2.05) is 12.3 Å². The quantitative estimate of drug-likeness (QED) is 0.276. The van der Waals surface area contributed by atoms with E-state index in [0.29, 0.717) is 6.54 Å². The minimum atomic E-state index is -0.187. The molecule has 1 aliphatic heterocycles. The zero-order valence-corrected chi connectivity index (χ0v) is 18.8. The monoisotopic (exact) mass is 416 g/mol. The standard InChI is InChI=1S/C23H40N6O/c1-3-4-5-6-7-8-9-14-27-23(25-2)28-18-20-11-10-15-26-22(20)29-16-12-19(13-17-29)21(24)30/h10-11,15,19H,3-9,12-14,16-18H2,1-2H3,(H2,24,30)(H2,25,27,28). The first-order valence-electron chi connectivity index (χ1n) is 11.6. The number of nitrogens with zero attached hydrogens (tertiary/aromatic N) is 3. The molecule has 0 spiro atoms. The smallest absolute Gasteiger partial charge is 0.220 e. The van der Waals surface area contributed by atoms with Crippen LogP contribution < -0.4 is 21.3 Å². The van der Waals surface area contributed by atoms with Crippen LogP contribution in [0, 0.1) is 5.92 Å². The van der Waals surface area contributed by atoms with Gasteiger partial charge >= 0.3 is 0 Å². The van der Waals surface area contributed by atoms with E-state index in [-0.39, 0.29) is 11.8 Å². The molecule has 1 aliphatic rings. The first-order valence-corrected chi connectivity index (χ1v) is 11.6. The summed E-state index contributed by atoms with van der Waals surface area (Å²) < 4.78 is 0. The molecule has 7 heteroatoms. The van der Waals surface area contributed by atoms with Crippen molar-refractivity contribution in [2.24, 2.45) is 16.6 Å². The SMILES string of the molecule is CCCCCCCCCNC(=NC)NCc1cccnc1N1CCC(C(N)=O)CC1. The summed E-state index contributed by atoms with van der Waals surface area (Å²) in [5.74, 6) is 1.60. The molecule has 0 aliphatic carbocycles. The second-order valence-electron chi connectivity index (χ2n) is 8.12. The Morgan fingerprint density at radius 1 is 1.17 bits per heavy atom. The van der Waals surface area contributed by atoms with Gasteiger partial charge in [0.15, 0.2) is 5.96 Å². The Morgan fingerprint density at radius 2 is 1.87 bits per heavy atom. The Kier molecular flexibility index (Phi) is 11.0. The van der Waals surface area contributed by atoms with Gasteiger partial charge in [-0.05, 0) is 25.3 Å². The Labute approximate surface area is 181 Å². The summed E-state index contributed by atoms with van der Waals surface area (Å²) in [5, 5.41) is 6.82. The van der Waals surface area contributed by atoms with Gasteiger partial charge in [0.2, 0.25) is 5.91 Å². The van der Waals surface area contributed by atoms with Crippen molar-refractivity contribution >= 4 is 17.7 Å². The number of nitrogens with two attached hydrogens (primary N) is 1. The van der Waals surface area contributed by atoms with E-state index in [2.05, 4.69) is 38.5 Å². The fourth-order valence-corrected chi connectivity index (χ4v) is 3.92. The molecule has 1 aromatic rings. The lowest BCUT2D eigenvalue weighted by molar-refractivity contribution is -0.122. The van der Waals surface area contributed by atoms with E-state index in [1.165, 1.54) is 44.9 Å². The minimum Gasteiger partial charge on any atom is -0.369 e. The lowest BCUT2D eigenvalue weighted by Crippen LogP contribution is -2.40. The van der Waals surface area contributed by atoms with Crippen LogP contribution in [0.4, 0.5) is 5.82 Å². The third-order valence-electron chi connectivity index (χ3n) is 5.81. The van der Waals surface area contributed by atoms with Crippen molar-refractivity contribution in [2.45, 2.75) is 71.3 Å². The molecule has 2 heterocycles. The average Bonchev–Trinajstić information content (AvgIpc) is 2.78. The van der Waals surface area contributed by atoms with E-state index in [1.54, 1.807) is 7.05 Å². The molecule has 0 saturated carbocycles. The molecule has 0 bridgehead atoms. The van der Waals surface area contributed by atoms with Crippen LogP contribution in [0.5, 0.6) is 0 Å². The van der Waals surface area contributed by atoms with Crippen LogP contribution in [-0.4, -0.2) is 43.5 Å². The van der Waals surface area contributed by atoms with E-state index in [0.717, 1.165) is 49.8 Å². The molecule has 0 radical (unpaired) electrons. The van der Waals surface area contributed by atoms with Crippen LogP contribution in [0.25, 0.3) is 0 Å². The number of piperidine rings is 1. The van der Waals surface area contributed by atoms with Crippen molar-refractivity contribution in [2.75, 3.05) is 31.6 Å². The molecule has 1 amide bonds. The molecule has 30 heavy (non-hydrogen) atoms. The van der Waals surface area contributed by atoms with Gasteiger partial charge in [0.25, 0.3) is 0 Å². The highest BCUT2D eigenvalue weighted by molar-refractivity contribution is 5.79. The number of aromatic nitrogens is 1. The maximum Gasteiger partial charge on any atom is 0.220 e. The molecule has 0 atom stereocenters. The summed E-state index contributed by atoms with van der Waals surface area (Å²) in [6, 6.07) is 4.06. The molecular weight excluding hydrogens is 376 g/mol. The minimum absolute atomic E-state index is 0.0128. The van der Waals surface area contributed by atoms with E-state index in [9.17, 15) is 4.79 Å². The van der Waals surface area contributed by atoms with Gasteiger partial charge in [0.05, 0.1) is 0 Å². The normalized spacial score (nSPS) is 15.3. The average molecular weight is 417 g/mol. The summed E-state index contributed by atoms with van der Waals surface area (Å²) in [6.45, 7) is 5.47. The molecule has 1 fully saturated rings. The molecule has 4 N–H and O–H groups in total. The zero-order valence-electron chi connectivity index (χ0n) is 18.8. The maximum atomic E-state index is 11.4.